The molecule has 2 heterocycles. The zero-order valence-corrected chi connectivity index (χ0v) is 14.7. The summed E-state index contributed by atoms with van der Waals surface area (Å²) in [5.41, 5.74) is 0.234. The maximum atomic E-state index is 12.0. The minimum atomic E-state index is -0.862. The lowest BCUT2D eigenvalue weighted by Gasteiger charge is -2.31. The van der Waals surface area contributed by atoms with Gasteiger partial charge >= 0.3 is 23.9 Å². The smallest absolute Gasteiger partial charge is 0.409 e. The summed E-state index contributed by atoms with van der Waals surface area (Å²) in [6.07, 6.45) is 0.648. The molecule has 0 radical (unpaired) electrons. The third-order valence-corrected chi connectivity index (χ3v) is 4.65. The van der Waals surface area contributed by atoms with Crippen LogP contribution in [0.25, 0.3) is 0 Å². The number of methoxy groups -OCH3 is 2. The Kier molecular flexibility index (Phi) is 6.34. The Hall–Kier alpha value is -2.62. The van der Waals surface area contributed by atoms with Gasteiger partial charge in [-0.1, -0.05) is 0 Å². The van der Waals surface area contributed by atoms with Crippen LogP contribution in [-0.2, 0) is 19.1 Å². The maximum absolute atomic E-state index is 12.0. The molecule has 0 atom stereocenters. The summed E-state index contributed by atoms with van der Waals surface area (Å²) in [4.78, 5) is 48.8. The molecule has 1 aromatic rings. The molecule has 10 heteroatoms. The molecule has 1 fully saturated rings. The molecule has 1 aliphatic heterocycles. The number of carbonyl (C=O) groups excluding carboxylic acids is 4. The van der Waals surface area contributed by atoms with E-state index >= 15 is 0 Å². The molecule has 25 heavy (non-hydrogen) atoms. The summed E-state index contributed by atoms with van der Waals surface area (Å²) in [6, 6.07) is 1.32. The zero-order chi connectivity index (χ0) is 18.4. The van der Waals surface area contributed by atoms with Crippen LogP contribution in [0, 0.1) is 0 Å². The molecule has 0 spiro atoms. The van der Waals surface area contributed by atoms with Crippen LogP contribution in [0.4, 0.5) is 10.5 Å². The van der Waals surface area contributed by atoms with Crippen molar-refractivity contribution in [2.75, 3.05) is 32.6 Å². The Balaban J connectivity index is 1.86. The third kappa shape index (κ3) is 4.69. The molecule has 2 N–H and O–H groups in total. The van der Waals surface area contributed by atoms with Gasteiger partial charge in [-0.15, -0.1) is 11.3 Å². The van der Waals surface area contributed by atoms with Gasteiger partial charge in [0.15, 0.2) is 0 Å². The summed E-state index contributed by atoms with van der Waals surface area (Å²) in [5, 5.41) is 6.65. The van der Waals surface area contributed by atoms with Gasteiger partial charge in [-0.3, -0.25) is 9.59 Å². The number of thiophene rings is 1. The second-order valence-corrected chi connectivity index (χ2v) is 6.23. The van der Waals surface area contributed by atoms with E-state index in [0.717, 1.165) is 11.3 Å². The molecule has 3 amide bonds. The monoisotopic (exact) mass is 369 g/mol. The molecule has 0 aliphatic carbocycles. The number of hydrogen-bond acceptors (Lipinski definition) is 7. The van der Waals surface area contributed by atoms with Crippen LogP contribution in [0.5, 0.6) is 0 Å². The quantitative estimate of drug-likeness (QED) is 0.602. The molecule has 136 valence electrons. The van der Waals surface area contributed by atoms with Crippen LogP contribution in [0.1, 0.15) is 22.5 Å². The highest BCUT2D eigenvalue weighted by atomic mass is 32.1. The van der Waals surface area contributed by atoms with Crippen molar-refractivity contribution in [3.63, 3.8) is 0 Å². The lowest BCUT2D eigenvalue weighted by molar-refractivity contribution is -0.136. The SMILES string of the molecule is COC(=O)c1sccc1NC(=O)C(=O)NC1CCN(C(=O)OC)CC1. The van der Waals surface area contributed by atoms with Crippen molar-refractivity contribution in [1.29, 1.82) is 0 Å². The predicted molar refractivity (Wildman–Crippen MR) is 89.4 cm³/mol. The Labute approximate surface area is 148 Å². The molecule has 0 saturated carbocycles. The summed E-state index contributed by atoms with van der Waals surface area (Å²) in [6.45, 7) is 0.881. The number of piperidine rings is 1. The number of amides is 3. The first-order chi connectivity index (χ1) is 12.0. The lowest BCUT2D eigenvalue weighted by Crippen LogP contribution is -2.48. The van der Waals surface area contributed by atoms with E-state index in [2.05, 4.69) is 20.1 Å². The number of carbonyl (C=O) groups is 4. The van der Waals surface area contributed by atoms with Gasteiger partial charge in [0.1, 0.15) is 4.88 Å². The average molecular weight is 369 g/mol. The number of nitrogens with one attached hydrogen (secondary N) is 2. The largest absolute Gasteiger partial charge is 0.465 e. The first kappa shape index (κ1) is 18.7. The van der Waals surface area contributed by atoms with Crippen LogP contribution >= 0.6 is 11.3 Å². The Morgan fingerprint density at radius 1 is 1.12 bits per heavy atom. The molecular formula is C15H19N3O6S. The number of esters is 1. The van der Waals surface area contributed by atoms with Gasteiger partial charge in [-0.2, -0.15) is 0 Å². The molecule has 1 aliphatic rings. The standard InChI is InChI=1S/C15H19N3O6S/c1-23-14(21)11-10(5-8-25-11)17-13(20)12(19)16-9-3-6-18(7-4-9)15(22)24-2/h5,8-9H,3-4,6-7H2,1-2H3,(H,16,19)(H,17,20). The maximum Gasteiger partial charge on any atom is 0.409 e. The molecule has 0 bridgehead atoms. The van der Waals surface area contributed by atoms with Gasteiger partial charge in [0.2, 0.25) is 0 Å². The van der Waals surface area contributed by atoms with Gasteiger partial charge in [-0.25, -0.2) is 9.59 Å². The van der Waals surface area contributed by atoms with Crippen LogP contribution in [-0.4, -0.2) is 62.1 Å². The van der Waals surface area contributed by atoms with E-state index in [1.165, 1.54) is 25.2 Å². The van der Waals surface area contributed by atoms with E-state index in [0.29, 0.717) is 25.9 Å². The van der Waals surface area contributed by atoms with Crippen molar-refractivity contribution >= 4 is 40.9 Å². The van der Waals surface area contributed by atoms with Crippen molar-refractivity contribution < 1.29 is 28.7 Å². The van der Waals surface area contributed by atoms with E-state index in [1.807, 2.05) is 0 Å². The lowest BCUT2D eigenvalue weighted by atomic mass is 10.1. The summed E-state index contributed by atoms with van der Waals surface area (Å²) >= 11 is 1.11. The van der Waals surface area contributed by atoms with E-state index in [4.69, 9.17) is 0 Å². The van der Waals surface area contributed by atoms with Gasteiger partial charge in [0, 0.05) is 19.1 Å². The Bertz CT molecular complexity index is 666. The summed E-state index contributed by atoms with van der Waals surface area (Å²) < 4.78 is 9.26. The van der Waals surface area contributed by atoms with Crippen molar-refractivity contribution in [2.24, 2.45) is 0 Å². The second-order valence-electron chi connectivity index (χ2n) is 5.31. The number of ether oxygens (including phenoxy) is 2. The first-order valence-electron chi connectivity index (χ1n) is 7.56. The molecule has 0 unspecified atom stereocenters. The van der Waals surface area contributed by atoms with Crippen molar-refractivity contribution in [1.82, 2.24) is 10.2 Å². The fraction of sp³-hybridized carbons (Fsp3) is 0.467. The Morgan fingerprint density at radius 3 is 2.40 bits per heavy atom. The number of likely N-dealkylation sites (tertiary alicyclic amines) is 1. The van der Waals surface area contributed by atoms with Gasteiger partial charge < -0.3 is 25.0 Å². The first-order valence-corrected chi connectivity index (χ1v) is 8.44. The highest BCUT2D eigenvalue weighted by Gasteiger charge is 2.26. The minimum absolute atomic E-state index is 0.207. The molecule has 2 rings (SSSR count). The topological polar surface area (TPSA) is 114 Å². The fourth-order valence-electron chi connectivity index (χ4n) is 2.42. The fourth-order valence-corrected chi connectivity index (χ4v) is 3.19. The van der Waals surface area contributed by atoms with Crippen molar-refractivity contribution in [3.8, 4) is 0 Å². The normalized spacial score (nSPS) is 14.6. The third-order valence-electron chi connectivity index (χ3n) is 3.75. The molecule has 0 aromatic carbocycles. The van der Waals surface area contributed by atoms with Crippen LogP contribution in [0.3, 0.4) is 0 Å². The number of anilines is 1. The molecule has 9 nitrogen and oxygen atoms in total. The zero-order valence-electron chi connectivity index (χ0n) is 13.9. The van der Waals surface area contributed by atoms with E-state index in [1.54, 1.807) is 5.38 Å². The van der Waals surface area contributed by atoms with Crippen LogP contribution < -0.4 is 10.6 Å². The van der Waals surface area contributed by atoms with Crippen molar-refractivity contribution in [2.45, 2.75) is 18.9 Å². The Morgan fingerprint density at radius 2 is 1.80 bits per heavy atom. The summed E-state index contributed by atoms with van der Waals surface area (Å²) in [7, 11) is 2.55. The second kappa shape index (κ2) is 8.47. The van der Waals surface area contributed by atoms with Crippen LogP contribution in [0.2, 0.25) is 0 Å². The van der Waals surface area contributed by atoms with E-state index in [9.17, 15) is 19.2 Å². The molecule has 1 saturated heterocycles. The van der Waals surface area contributed by atoms with Crippen molar-refractivity contribution in [3.05, 3.63) is 16.3 Å². The van der Waals surface area contributed by atoms with E-state index < -0.39 is 23.9 Å². The van der Waals surface area contributed by atoms with Gasteiger partial charge in [0.05, 0.1) is 19.9 Å². The summed E-state index contributed by atoms with van der Waals surface area (Å²) in [5.74, 6) is -2.24. The van der Waals surface area contributed by atoms with E-state index in [-0.39, 0.29) is 16.6 Å². The number of hydrogen-bond donors (Lipinski definition) is 2. The number of nitrogens with zero attached hydrogens (tertiary/aromatic N) is 1. The highest BCUT2D eigenvalue weighted by molar-refractivity contribution is 7.12. The molecular weight excluding hydrogens is 350 g/mol. The minimum Gasteiger partial charge on any atom is -0.465 e. The van der Waals surface area contributed by atoms with Gasteiger partial charge in [0.25, 0.3) is 0 Å². The molecule has 1 aromatic heterocycles. The average Bonchev–Trinajstić information content (AvgIpc) is 3.09. The van der Waals surface area contributed by atoms with Gasteiger partial charge in [-0.05, 0) is 24.3 Å². The predicted octanol–water partition coefficient (Wildman–Crippen LogP) is 0.820. The number of rotatable bonds is 3. The van der Waals surface area contributed by atoms with Crippen LogP contribution in [0.15, 0.2) is 11.4 Å². The highest BCUT2D eigenvalue weighted by Crippen LogP contribution is 2.23.